The first kappa shape index (κ1) is 15.0. The van der Waals surface area contributed by atoms with Crippen molar-refractivity contribution in [3.63, 3.8) is 0 Å². The summed E-state index contributed by atoms with van der Waals surface area (Å²) in [5.74, 6) is -0.263. The molecule has 1 aromatic carbocycles. The first-order chi connectivity index (χ1) is 8.79. The Morgan fingerprint density at radius 1 is 1.21 bits per heavy atom. The van der Waals surface area contributed by atoms with Crippen LogP contribution >= 0.6 is 38.9 Å². The number of benzene rings is 1. The van der Waals surface area contributed by atoms with Crippen LogP contribution < -0.4 is 0 Å². The van der Waals surface area contributed by atoms with Gasteiger partial charge in [-0.2, -0.15) is 0 Å². The molecule has 1 heterocycles. The molecule has 0 fully saturated rings. The second-order valence-electron chi connectivity index (χ2n) is 5.48. The van der Waals surface area contributed by atoms with Gasteiger partial charge in [0.05, 0.1) is 5.38 Å². The SMILES string of the molecule is CC(C)(C)c1ccc(C(Cl)c2ccc(F)cc2Br)s1. The van der Waals surface area contributed by atoms with Gasteiger partial charge in [0.25, 0.3) is 0 Å². The maximum Gasteiger partial charge on any atom is 0.124 e. The molecule has 0 nitrogen and oxygen atoms in total. The lowest BCUT2D eigenvalue weighted by molar-refractivity contribution is 0.604. The van der Waals surface area contributed by atoms with Gasteiger partial charge in [-0.15, -0.1) is 22.9 Å². The maximum absolute atomic E-state index is 13.1. The number of alkyl halides is 1. The molecule has 0 N–H and O–H groups in total. The molecule has 0 saturated heterocycles. The Morgan fingerprint density at radius 2 is 1.89 bits per heavy atom. The van der Waals surface area contributed by atoms with E-state index in [-0.39, 0.29) is 16.6 Å². The minimum Gasteiger partial charge on any atom is -0.207 e. The molecule has 0 radical (unpaired) electrons. The average Bonchev–Trinajstić information content (AvgIpc) is 2.76. The average molecular weight is 362 g/mol. The standard InChI is InChI=1S/C15H15BrClFS/c1-15(2,3)13-7-6-12(19-13)14(17)10-5-4-9(18)8-11(10)16/h4-8,14H,1-3H3. The van der Waals surface area contributed by atoms with Gasteiger partial charge in [-0.25, -0.2) is 4.39 Å². The molecular formula is C15H15BrClFS. The van der Waals surface area contributed by atoms with Gasteiger partial charge >= 0.3 is 0 Å². The number of rotatable bonds is 2. The summed E-state index contributed by atoms with van der Waals surface area (Å²) < 4.78 is 13.8. The highest BCUT2D eigenvalue weighted by Gasteiger charge is 2.21. The third-order valence-electron chi connectivity index (χ3n) is 2.85. The first-order valence-electron chi connectivity index (χ1n) is 5.98. The van der Waals surface area contributed by atoms with E-state index in [2.05, 4.69) is 48.8 Å². The third-order valence-corrected chi connectivity index (χ3v) is 5.71. The highest BCUT2D eigenvalue weighted by atomic mass is 79.9. The van der Waals surface area contributed by atoms with Crippen molar-refractivity contribution in [3.8, 4) is 0 Å². The molecule has 1 aromatic heterocycles. The molecule has 0 saturated carbocycles. The van der Waals surface area contributed by atoms with Gasteiger partial charge in [-0.1, -0.05) is 42.8 Å². The van der Waals surface area contributed by atoms with Gasteiger partial charge in [0, 0.05) is 14.2 Å². The predicted molar refractivity (Wildman–Crippen MR) is 84.8 cm³/mol. The van der Waals surface area contributed by atoms with Gasteiger partial charge < -0.3 is 0 Å². The predicted octanol–water partition coefficient (Wildman–Crippen LogP) is 6.28. The summed E-state index contributed by atoms with van der Waals surface area (Å²) in [5.41, 5.74) is 1.02. The topological polar surface area (TPSA) is 0 Å². The minimum atomic E-state index is -0.263. The molecule has 0 spiro atoms. The summed E-state index contributed by atoms with van der Waals surface area (Å²) in [4.78, 5) is 2.38. The van der Waals surface area contributed by atoms with Crippen LogP contribution in [0.3, 0.4) is 0 Å². The van der Waals surface area contributed by atoms with Gasteiger partial charge in [-0.05, 0) is 35.2 Å². The fourth-order valence-electron chi connectivity index (χ4n) is 1.75. The van der Waals surface area contributed by atoms with Crippen molar-refractivity contribution in [1.82, 2.24) is 0 Å². The second-order valence-corrected chi connectivity index (χ2v) is 7.89. The van der Waals surface area contributed by atoms with E-state index in [4.69, 9.17) is 11.6 Å². The van der Waals surface area contributed by atoms with E-state index in [0.717, 1.165) is 10.4 Å². The van der Waals surface area contributed by atoms with Crippen molar-refractivity contribution in [1.29, 1.82) is 0 Å². The monoisotopic (exact) mass is 360 g/mol. The summed E-state index contributed by atoms with van der Waals surface area (Å²) in [7, 11) is 0. The van der Waals surface area contributed by atoms with Crippen molar-refractivity contribution in [3.05, 3.63) is 55.9 Å². The minimum absolute atomic E-state index is 0.125. The van der Waals surface area contributed by atoms with Crippen LogP contribution in [0.2, 0.25) is 0 Å². The fourth-order valence-corrected chi connectivity index (χ4v) is 3.92. The van der Waals surface area contributed by atoms with E-state index >= 15 is 0 Å². The number of hydrogen-bond donors (Lipinski definition) is 0. The molecule has 0 aliphatic carbocycles. The Hall–Kier alpha value is -0.380. The zero-order chi connectivity index (χ0) is 14.2. The lowest BCUT2D eigenvalue weighted by Crippen LogP contribution is -2.07. The molecular weight excluding hydrogens is 347 g/mol. The van der Waals surface area contributed by atoms with Gasteiger partial charge in [0.2, 0.25) is 0 Å². The fraction of sp³-hybridized carbons (Fsp3) is 0.333. The Kier molecular flexibility index (Phi) is 4.38. The molecule has 19 heavy (non-hydrogen) atoms. The Bertz CT molecular complexity index is 586. The van der Waals surface area contributed by atoms with E-state index in [1.165, 1.54) is 17.0 Å². The van der Waals surface area contributed by atoms with Crippen LogP contribution in [0.5, 0.6) is 0 Å². The maximum atomic E-state index is 13.1. The quantitative estimate of drug-likeness (QED) is 0.552. The second kappa shape index (κ2) is 5.55. The smallest absolute Gasteiger partial charge is 0.124 e. The number of thiophene rings is 1. The van der Waals surface area contributed by atoms with E-state index in [9.17, 15) is 4.39 Å². The summed E-state index contributed by atoms with van der Waals surface area (Å²) in [6, 6.07) is 8.79. The van der Waals surface area contributed by atoms with Crippen LogP contribution in [0.1, 0.15) is 41.5 Å². The van der Waals surface area contributed by atoms with Crippen LogP contribution in [0.15, 0.2) is 34.8 Å². The Labute approximate surface area is 130 Å². The summed E-state index contributed by atoms with van der Waals surface area (Å²) in [6.45, 7) is 6.54. The van der Waals surface area contributed by atoms with Gasteiger partial charge in [0.1, 0.15) is 5.82 Å². The molecule has 102 valence electrons. The Morgan fingerprint density at radius 3 is 2.42 bits per heavy atom. The molecule has 0 bridgehead atoms. The molecule has 0 aliphatic heterocycles. The highest BCUT2D eigenvalue weighted by molar-refractivity contribution is 9.10. The molecule has 0 amide bonds. The van der Waals surface area contributed by atoms with Crippen LogP contribution in [-0.4, -0.2) is 0 Å². The summed E-state index contributed by atoms with van der Waals surface area (Å²) >= 11 is 11.6. The first-order valence-corrected chi connectivity index (χ1v) is 8.03. The molecule has 1 unspecified atom stereocenters. The summed E-state index contributed by atoms with van der Waals surface area (Å²) in [5, 5.41) is -0.254. The van der Waals surface area contributed by atoms with E-state index in [0.29, 0.717) is 4.47 Å². The third kappa shape index (κ3) is 3.39. The van der Waals surface area contributed by atoms with Crippen molar-refractivity contribution in [2.45, 2.75) is 31.6 Å². The normalized spacial score (nSPS) is 13.6. The van der Waals surface area contributed by atoms with Crippen molar-refractivity contribution < 1.29 is 4.39 Å². The van der Waals surface area contributed by atoms with E-state index < -0.39 is 0 Å². The van der Waals surface area contributed by atoms with E-state index in [1.807, 2.05) is 0 Å². The van der Waals surface area contributed by atoms with E-state index in [1.54, 1.807) is 17.4 Å². The van der Waals surface area contributed by atoms with Crippen LogP contribution in [0, 0.1) is 5.82 Å². The molecule has 2 rings (SSSR count). The molecule has 2 aromatic rings. The zero-order valence-corrected chi connectivity index (χ0v) is 14.2. The zero-order valence-electron chi connectivity index (χ0n) is 11.0. The Balaban J connectivity index is 2.34. The lowest BCUT2D eigenvalue weighted by Gasteiger charge is -2.16. The largest absolute Gasteiger partial charge is 0.207 e. The van der Waals surface area contributed by atoms with Crippen molar-refractivity contribution in [2.75, 3.05) is 0 Å². The number of hydrogen-bond acceptors (Lipinski definition) is 1. The van der Waals surface area contributed by atoms with Gasteiger partial charge in [0.15, 0.2) is 0 Å². The lowest BCUT2D eigenvalue weighted by atomic mass is 9.95. The summed E-state index contributed by atoms with van der Waals surface area (Å²) in [6.07, 6.45) is 0. The van der Waals surface area contributed by atoms with Crippen molar-refractivity contribution in [2.24, 2.45) is 0 Å². The highest BCUT2D eigenvalue weighted by Crippen LogP contribution is 2.40. The molecule has 0 aliphatic rings. The van der Waals surface area contributed by atoms with Crippen LogP contribution in [-0.2, 0) is 5.41 Å². The van der Waals surface area contributed by atoms with Gasteiger partial charge in [-0.3, -0.25) is 0 Å². The van der Waals surface area contributed by atoms with Crippen molar-refractivity contribution >= 4 is 38.9 Å². The molecule has 1 atom stereocenters. The van der Waals surface area contributed by atoms with Crippen LogP contribution in [0.25, 0.3) is 0 Å². The number of halogens is 3. The molecule has 4 heteroatoms. The van der Waals surface area contributed by atoms with Crippen LogP contribution in [0.4, 0.5) is 4.39 Å².